The number of benzene rings is 5. The number of fused-ring (bicyclic) bond motifs is 2. The third-order valence-corrected chi connectivity index (χ3v) is 9.70. The molecule has 59 heavy (non-hydrogen) atoms. The van der Waals surface area contributed by atoms with Crippen LogP contribution in [0.25, 0.3) is 44.4 Å². The van der Waals surface area contributed by atoms with Crippen molar-refractivity contribution >= 4 is 28.6 Å². The third kappa shape index (κ3) is 9.92. The van der Waals surface area contributed by atoms with Crippen LogP contribution in [-0.4, -0.2) is 47.0 Å². The van der Waals surface area contributed by atoms with E-state index in [1.54, 1.807) is 12.2 Å². The van der Waals surface area contributed by atoms with Gasteiger partial charge in [-0.3, -0.25) is 4.99 Å². The standard InChI is InChI=1S/C24H20FNO3.C24H18FNO3.Na/c2*1-2-29-19-10-7-16(8-11-19)15-3-5-17(6-4-15)23-14-21(24(27)28)20-13-18(25)9-12-22(20)26-23;/h3-14,20,22H,2H2,1H3,(H,27,28);3-14H,2H2,1H3,(H,27,28);/q;;+1/p-1. The van der Waals surface area contributed by atoms with Gasteiger partial charge in [-0.2, -0.15) is 0 Å². The molecule has 0 radical (unpaired) electrons. The largest absolute Gasteiger partial charge is 1.00 e. The van der Waals surface area contributed by atoms with E-state index in [-0.39, 0.29) is 46.1 Å². The number of aliphatic carboxylic acids is 1. The summed E-state index contributed by atoms with van der Waals surface area (Å²) in [5, 5.41) is 21.3. The van der Waals surface area contributed by atoms with Gasteiger partial charge >= 0.3 is 35.5 Å². The van der Waals surface area contributed by atoms with Crippen LogP contribution in [0.2, 0.25) is 0 Å². The second-order valence-corrected chi connectivity index (χ2v) is 13.4. The molecule has 290 valence electrons. The fourth-order valence-electron chi connectivity index (χ4n) is 6.84. The number of aromatic carboxylic acids is 1. The summed E-state index contributed by atoms with van der Waals surface area (Å²) in [6.07, 6.45) is 5.81. The molecule has 0 fully saturated rings. The monoisotopic (exact) mass is 798 g/mol. The number of pyridine rings is 1. The van der Waals surface area contributed by atoms with Gasteiger partial charge in [0.25, 0.3) is 0 Å². The van der Waals surface area contributed by atoms with Crippen molar-refractivity contribution in [2.45, 2.75) is 19.9 Å². The summed E-state index contributed by atoms with van der Waals surface area (Å²) in [4.78, 5) is 32.4. The van der Waals surface area contributed by atoms with E-state index in [9.17, 15) is 28.6 Å². The van der Waals surface area contributed by atoms with Crippen molar-refractivity contribution in [2.24, 2.45) is 10.9 Å². The molecule has 2 heterocycles. The second-order valence-electron chi connectivity index (χ2n) is 13.4. The molecule has 2 atom stereocenters. The first-order valence-corrected chi connectivity index (χ1v) is 18.7. The number of hydrogen-bond acceptors (Lipinski definition) is 7. The Hall–Kier alpha value is -6.20. The number of carboxylic acids is 2. The van der Waals surface area contributed by atoms with Crippen molar-refractivity contribution in [2.75, 3.05) is 13.2 Å². The summed E-state index contributed by atoms with van der Waals surface area (Å²) >= 11 is 0. The molecule has 0 saturated carbocycles. The van der Waals surface area contributed by atoms with Crippen molar-refractivity contribution in [1.82, 2.24) is 4.98 Å². The van der Waals surface area contributed by atoms with E-state index in [1.165, 1.54) is 30.4 Å². The zero-order valence-electron chi connectivity index (χ0n) is 32.6. The van der Waals surface area contributed by atoms with Gasteiger partial charge in [0.15, 0.2) is 0 Å². The summed E-state index contributed by atoms with van der Waals surface area (Å²) in [5.41, 5.74) is 7.27. The number of allylic oxidation sites excluding steroid dienone is 3. The molecule has 1 aliphatic heterocycles. The Morgan fingerprint density at radius 2 is 1.22 bits per heavy atom. The molecule has 2 unspecified atom stereocenters. The number of carboxylic acid groups (broad SMARTS) is 2. The van der Waals surface area contributed by atoms with E-state index in [1.807, 2.05) is 111 Å². The Balaban J connectivity index is 0.000000195. The summed E-state index contributed by atoms with van der Waals surface area (Å²) in [7, 11) is 0. The van der Waals surface area contributed by atoms with Crippen LogP contribution >= 0.6 is 0 Å². The van der Waals surface area contributed by atoms with Crippen LogP contribution < -0.4 is 44.1 Å². The zero-order chi connectivity index (χ0) is 40.8. The van der Waals surface area contributed by atoms with Crippen LogP contribution in [-0.2, 0) is 4.79 Å². The molecule has 0 saturated heterocycles. The van der Waals surface area contributed by atoms with Gasteiger partial charge in [0.1, 0.15) is 23.1 Å². The summed E-state index contributed by atoms with van der Waals surface area (Å²) in [6, 6.07) is 36.0. The van der Waals surface area contributed by atoms with Crippen LogP contribution in [0.3, 0.4) is 0 Å². The van der Waals surface area contributed by atoms with Crippen LogP contribution in [0, 0.1) is 11.7 Å². The molecule has 5 aromatic carbocycles. The fraction of sp³-hybridized carbons (Fsp3) is 0.125. The van der Waals surface area contributed by atoms with Crippen LogP contribution in [0.5, 0.6) is 11.5 Å². The van der Waals surface area contributed by atoms with Crippen molar-refractivity contribution in [3.05, 3.63) is 174 Å². The molecule has 0 spiro atoms. The average molecular weight is 799 g/mol. The number of aromatic nitrogens is 1. The van der Waals surface area contributed by atoms with Gasteiger partial charge in [-0.15, -0.1) is 0 Å². The minimum absolute atomic E-state index is 0. The minimum Gasteiger partial charge on any atom is -0.545 e. The normalized spacial score (nSPS) is 15.3. The van der Waals surface area contributed by atoms with Crippen LogP contribution in [0.1, 0.15) is 29.8 Å². The van der Waals surface area contributed by atoms with E-state index in [4.69, 9.17) is 9.47 Å². The van der Waals surface area contributed by atoms with Gasteiger partial charge in [-0.1, -0.05) is 78.9 Å². The molecular weight excluding hydrogens is 762 g/mol. The number of halogens is 2. The van der Waals surface area contributed by atoms with Gasteiger partial charge in [0.2, 0.25) is 0 Å². The second kappa shape index (κ2) is 19.0. The molecular formula is C48H37F2N2NaO6. The Kier molecular flexibility index (Phi) is 13.7. The Bertz CT molecular complexity index is 2600. The fourth-order valence-corrected chi connectivity index (χ4v) is 6.84. The first-order valence-electron chi connectivity index (χ1n) is 18.7. The third-order valence-electron chi connectivity index (χ3n) is 9.70. The predicted octanol–water partition coefficient (Wildman–Crippen LogP) is 6.45. The zero-order valence-corrected chi connectivity index (χ0v) is 34.6. The minimum atomic E-state index is -1.37. The molecule has 8 rings (SSSR count). The number of dihydropyridines is 1. The topological polar surface area (TPSA) is 121 Å². The van der Waals surface area contributed by atoms with Gasteiger partial charge in [0, 0.05) is 28.0 Å². The van der Waals surface area contributed by atoms with E-state index in [2.05, 4.69) is 9.98 Å². The van der Waals surface area contributed by atoms with Gasteiger partial charge < -0.3 is 24.5 Å². The quantitative estimate of drug-likeness (QED) is 0.158. The molecule has 1 aromatic heterocycles. The molecule has 0 amide bonds. The van der Waals surface area contributed by atoms with Crippen molar-refractivity contribution in [3.63, 3.8) is 0 Å². The summed E-state index contributed by atoms with van der Waals surface area (Å²) in [5.74, 6) is -2.31. The first kappa shape index (κ1) is 42.4. The smallest absolute Gasteiger partial charge is 0.545 e. The van der Waals surface area contributed by atoms with Crippen LogP contribution in [0.4, 0.5) is 8.78 Å². The Morgan fingerprint density at radius 3 is 1.73 bits per heavy atom. The summed E-state index contributed by atoms with van der Waals surface area (Å²) in [6.45, 7) is 5.13. The van der Waals surface area contributed by atoms with Gasteiger partial charge in [-0.05, 0) is 108 Å². The van der Waals surface area contributed by atoms with E-state index in [0.717, 1.165) is 50.9 Å². The molecule has 2 aliphatic rings. The Labute approximate surface area is 362 Å². The van der Waals surface area contributed by atoms with Gasteiger partial charge in [0.05, 0.1) is 42.1 Å². The summed E-state index contributed by atoms with van der Waals surface area (Å²) < 4.78 is 38.0. The Morgan fingerprint density at radius 1 is 0.712 bits per heavy atom. The number of ether oxygens (including phenoxy) is 2. The van der Waals surface area contributed by atoms with Crippen molar-refractivity contribution < 1.29 is 67.6 Å². The number of carbonyl (C=O) groups excluding carboxylic acids is 1. The van der Waals surface area contributed by atoms with Crippen LogP contribution in [0.15, 0.2) is 162 Å². The van der Waals surface area contributed by atoms with Crippen molar-refractivity contribution in [1.29, 1.82) is 0 Å². The number of hydrogen-bond donors (Lipinski definition) is 1. The van der Waals surface area contributed by atoms with E-state index >= 15 is 0 Å². The van der Waals surface area contributed by atoms with Gasteiger partial charge in [-0.25, -0.2) is 18.6 Å². The number of aliphatic imine (C=N–C) groups is 1. The van der Waals surface area contributed by atoms with E-state index < -0.39 is 35.5 Å². The molecule has 1 aliphatic carbocycles. The molecule has 0 bridgehead atoms. The number of carbonyl (C=O) groups is 2. The average Bonchev–Trinajstić information content (AvgIpc) is 3.24. The molecule has 8 nitrogen and oxygen atoms in total. The van der Waals surface area contributed by atoms with E-state index in [0.29, 0.717) is 30.1 Å². The SMILES string of the molecule is CCOc1ccc(-c2ccc(-c3cc(C(=O)[O-])c4cc(F)ccc4n3)cc2)cc1.CCOc1ccc(-c2ccc(C3=NC4C=CC(F)=CC4C(C(=O)O)=C3)cc2)cc1.[Na+]. The first-order chi connectivity index (χ1) is 28.1. The number of rotatable bonds is 10. The van der Waals surface area contributed by atoms with Crippen molar-refractivity contribution in [3.8, 4) is 45.0 Å². The molecule has 11 heteroatoms. The number of nitrogens with zero attached hydrogens (tertiary/aromatic N) is 2. The maximum atomic E-state index is 13.6. The molecule has 6 aromatic rings. The maximum Gasteiger partial charge on any atom is 1.00 e. The predicted molar refractivity (Wildman–Crippen MR) is 219 cm³/mol. The maximum absolute atomic E-state index is 13.6. The molecule has 1 N–H and O–H groups in total.